The molecule has 128 valence electrons. The van der Waals surface area contributed by atoms with Gasteiger partial charge in [0.15, 0.2) is 5.13 Å². The van der Waals surface area contributed by atoms with Crippen LogP contribution >= 0.6 is 23.1 Å². The molecule has 4 nitrogen and oxygen atoms in total. The Labute approximate surface area is 154 Å². The molecule has 2 heterocycles. The van der Waals surface area contributed by atoms with Crippen LogP contribution in [0.4, 0.5) is 5.13 Å². The SMILES string of the molecule is CSc1ccc(CC(=O)OC2CN(c3nc4ccccc4s3)C2)cc1. The zero-order valence-corrected chi connectivity index (χ0v) is 15.5. The van der Waals surface area contributed by atoms with E-state index in [-0.39, 0.29) is 12.1 Å². The molecule has 0 N–H and O–H groups in total. The normalized spacial score (nSPS) is 14.5. The lowest BCUT2D eigenvalue weighted by Crippen LogP contribution is -2.53. The molecule has 0 amide bonds. The number of thioether (sulfide) groups is 1. The molecule has 4 rings (SSSR count). The minimum absolute atomic E-state index is 0.0371. The molecular formula is C19H18N2O2S2. The third-order valence-corrected chi connectivity index (χ3v) is 6.05. The number of anilines is 1. The average molecular weight is 370 g/mol. The predicted octanol–water partition coefficient (Wildman–Crippen LogP) is 3.99. The smallest absolute Gasteiger partial charge is 0.310 e. The first kappa shape index (κ1) is 16.4. The van der Waals surface area contributed by atoms with E-state index in [1.807, 2.05) is 48.7 Å². The van der Waals surface area contributed by atoms with Crippen LogP contribution in [0.3, 0.4) is 0 Å². The maximum Gasteiger partial charge on any atom is 0.310 e. The van der Waals surface area contributed by atoms with Gasteiger partial charge in [-0.1, -0.05) is 35.6 Å². The third-order valence-electron chi connectivity index (χ3n) is 4.21. The van der Waals surface area contributed by atoms with Crippen molar-refractivity contribution < 1.29 is 9.53 Å². The van der Waals surface area contributed by atoms with E-state index in [0.29, 0.717) is 6.42 Å². The van der Waals surface area contributed by atoms with Crippen LogP contribution in [0.2, 0.25) is 0 Å². The number of carbonyl (C=O) groups excluding carboxylic acids is 1. The van der Waals surface area contributed by atoms with Gasteiger partial charge in [-0.3, -0.25) is 4.79 Å². The molecule has 1 aromatic heterocycles. The number of hydrogen-bond donors (Lipinski definition) is 0. The topological polar surface area (TPSA) is 42.4 Å². The van der Waals surface area contributed by atoms with Gasteiger partial charge in [-0.15, -0.1) is 11.8 Å². The third kappa shape index (κ3) is 3.65. The molecule has 0 radical (unpaired) electrons. The first-order chi connectivity index (χ1) is 12.2. The lowest BCUT2D eigenvalue weighted by Gasteiger charge is -2.38. The molecule has 0 aliphatic carbocycles. The van der Waals surface area contributed by atoms with E-state index in [0.717, 1.165) is 29.3 Å². The number of hydrogen-bond acceptors (Lipinski definition) is 6. The zero-order valence-electron chi connectivity index (χ0n) is 13.8. The van der Waals surface area contributed by atoms with Crippen molar-refractivity contribution in [1.29, 1.82) is 0 Å². The van der Waals surface area contributed by atoms with Crippen LogP contribution in [-0.4, -0.2) is 36.4 Å². The van der Waals surface area contributed by atoms with E-state index in [4.69, 9.17) is 4.74 Å². The molecule has 0 spiro atoms. The van der Waals surface area contributed by atoms with Crippen LogP contribution < -0.4 is 4.90 Å². The van der Waals surface area contributed by atoms with Gasteiger partial charge in [-0.2, -0.15) is 0 Å². The molecule has 6 heteroatoms. The van der Waals surface area contributed by atoms with E-state index >= 15 is 0 Å². The average Bonchev–Trinajstić information content (AvgIpc) is 3.02. The predicted molar refractivity (Wildman–Crippen MR) is 104 cm³/mol. The van der Waals surface area contributed by atoms with Crippen molar-refractivity contribution in [3.05, 3.63) is 54.1 Å². The maximum absolute atomic E-state index is 12.1. The van der Waals surface area contributed by atoms with Crippen LogP contribution in [0, 0.1) is 0 Å². The summed E-state index contributed by atoms with van der Waals surface area (Å²) in [6, 6.07) is 16.2. The Morgan fingerprint density at radius 2 is 2.00 bits per heavy atom. The van der Waals surface area contributed by atoms with Crippen molar-refractivity contribution in [2.45, 2.75) is 17.4 Å². The first-order valence-corrected chi connectivity index (χ1v) is 10.2. The van der Waals surface area contributed by atoms with Gasteiger partial charge in [0, 0.05) is 4.90 Å². The molecule has 1 fully saturated rings. The Morgan fingerprint density at radius 1 is 1.24 bits per heavy atom. The van der Waals surface area contributed by atoms with Crippen LogP contribution in [-0.2, 0) is 16.0 Å². The minimum atomic E-state index is -0.161. The second-order valence-electron chi connectivity index (χ2n) is 6.01. The fraction of sp³-hybridized carbons (Fsp3) is 0.263. The molecule has 1 saturated heterocycles. The summed E-state index contributed by atoms with van der Waals surface area (Å²) in [5.74, 6) is -0.161. The second kappa shape index (κ2) is 7.06. The van der Waals surface area contributed by atoms with Gasteiger partial charge in [0.25, 0.3) is 0 Å². The number of thiazole rings is 1. The fourth-order valence-corrected chi connectivity index (χ4v) is 4.19. The standard InChI is InChI=1S/C19H18N2O2S2/c1-24-15-8-6-13(7-9-15)10-18(22)23-14-11-21(12-14)19-20-16-4-2-3-5-17(16)25-19/h2-9,14H,10-12H2,1H3. The number of ether oxygens (including phenoxy) is 1. The highest BCUT2D eigenvalue weighted by molar-refractivity contribution is 7.98. The van der Waals surface area contributed by atoms with Gasteiger partial charge in [0.2, 0.25) is 0 Å². The zero-order chi connectivity index (χ0) is 17.2. The molecule has 0 unspecified atom stereocenters. The number of para-hydroxylation sites is 1. The number of esters is 1. The van der Waals surface area contributed by atoms with E-state index in [1.165, 1.54) is 9.60 Å². The summed E-state index contributed by atoms with van der Waals surface area (Å²) in [6.45, 7) is 1.44. The van der Waals surface area contributed by atoms with E-state index in [2.05, 4.69) is 16.0 Å². The highest BCUT2D eigenvalue weighted by atomic mass is 32.2. The van der Waals surface area contributed by atoms with Crippen molar-refractivity contribution >= 4 is 44.4 Å². The molecule has 0 bridgehead atoms. The number of fused-ring (bicyclic) bond motifs is 1. The van der Waals surface area contributed by atoms with Gasteiger partial charge < -0.3 is 9.64 Å². The molecule has 1 aliphatic heterocycles. The van der Waals surface area contributed by atoms with Crippen LogP contribution in [0.5, 0.6) is 0 Å². The van der Waals surface area contributed by atoms with E-state index < -0.39 is 0 Å². The number of nitrogens with zero attached hydrogens (tertiary/aromatic N) is 2. The van der Waals surface area contributed by atoms with Crippen LogP contribution in [0.15, 0.2) is 53.4 Å². The molecule has 0 saturated carbocycles. The maximum atomic E-state index is 12.1. The summed E-state index contributed by atoms with van der Waals surface area (Å²) >= 11 is 3.37. The molecule has 1 aliphatic rings. The van der Waals surface area contributed by atoms with Gasteiger partial charge >= 0.3 is 5.97 Å². The molecular weight excluding hydrogens is 352 g/mol. The quantitative estimate of drug-likeness (QED) is 0.502. The highest BCUT2D eigenvalue weighted by Crippen LogP contribution is 2.31. The van der Waals surface area contributed by atoms with Crippen molar-refractivity contribution in [1.82, 2.24) is 4.98 Å². The van der Waals surface area contributed by atoms with E-state index in [1.54, 1.807) is 23.1 Å². The Hall–Kier alpha value is -2.05. The summed E-state index contributed by atoms with van der Waals surface area (Å²) in [4.78, 5) is 20.1. The number of benzene rings is 2. The number of rotatable bonds is 5. The van der Waals surface area contributed by atoms with Gasteiger partial charge in [0.05, 0.1) is 29.7 Å². The van der Waals surface area contributed by atoms with Crippen molar-refractivity contribution in [3.8, 4) is 0 Å². The molecule has 25 heavy (non-hydrogen) atoms. The Balaban J connectivity index is 1.29. The first-order valence-electron chi connectivity index (χ1n) is 8.14. The number of carbonyl (C=O) groups is 1. The van der Waals surface area contributed by atoms with Crippen molar-refractivity contribution in [3.63, 3.8) is 0 Å². The van der Waals surface area contributed by atoms with Crippen LogP contribution in [0.1, 0.15) is 5.56 Å². The Bertz CT molecular complexity index is 853. The fourth-order valence-electron chi connectivity index (χ4n) is 2.80. The Kier molecular flexibility index (Phi) is 4.63. The summed E-state index contributed by atoms with van der Waals surface area (Å²) < 4.78 is 6.75. The van der Waals surface area contributed by atoms with Crippen molar-refractivity contribution in [2.24, 2.45) is 0 Å². The van der Waals surface area contributed by atoms with Gasteiger partial charge in [0.1, 0.15) is 6.10 Å². The minimum Gasteiger partial charge on any atom is -0.458 e. The monoisotopic (exact) mass is 370 g/mol. The summed E-state index contributed by atoms with van der Waals surface area (Å²) in [6.07, 6.45) is 2.33. The second-order valence-corrected chi connectivity index (χ2v) is 7.89. The van der Waals surface area contributed by atoms with E-state index in [9.17, 15) is 4.79 Å². The summed E-state index contributed by atoms with van der Waals surface area (Å²) in [5.41, 5.74) is 2.02. The van der Waals surface area contributed by atoms with Gasteiger partial charge in [-0.05, 0) is 36.1 Å². The molecule has 2 aromatic carbocycles. The van der Waals surface area contributed by atoms with Crippen molar-refractivity contribution in [2.75, 3.05) is 24.2 Å². The molecule has 0 atom stereocenters. The lowest BCUT2D eigenvalue weighted by atomic mass is 10.1. The Morgan fingerprint density at radius 3 is 2.72 bits per heavy atom. The lowest BCUT2D eigenvalue weighted by molar-refractivity contribution is -0.149. The van der Waals surface area contributed by atoms with Gasteiger partial charge in [-0.25, -0.2) is 4.98 Å². The molecule has 3 aromatic rings. The highest BCUT2D eigenvalue weighted by Gasteiger charge is 2.32. The van der Waals surface area contributed by atoms with Crippen LogP contribution in [0.25, 0.3) is 10.2 Å². The largest absolute Gasteiger partial charge is 0.458 e. The number of aromatic nitrogens is 1. The summed E-state index contributed by atoms with van der Waals surface area (Å²) in [7, 11) is 0. The summed E-state index contributed by atoms with van der Waals surface area (Å²) in [5, 5.41) is 1.00.